The molecule has 0 unspecified atom stereocenters. The Hall–Kier alpha value is -2.56. The van der Waals surface area contributed by atoms with Crippen LogP contribution >= 0.6 is 22.7 Å². The van der Waals surface area contributed by atoms with Crippen LogP contribution in [0.4, 0.5) is 13.2 Å². The number of benzene rings is 1. The minimum Gasteiger partial charge on any atom is -0.310 e. The van der Waals surface area contributed by atoms with Crippen LogP contribution in [0.25, 0.3) is 10.2 Å². The minimum atomic E-state index is -1.45. The summed E-state index contributed by atoms with van der Waals surface area (Å²) >= 11 is 3.07. The summed E-state index contributed by atoms with van der Waals surface area (Å²) in [6.45, 7) is 4.12. The van der Waals surface area contributed by atoms with E-state index >= 15 is 0 Å². The average Bonchev–Trinajstić information content (AvgIpc) is 3.39. The predicted octanol–water partition coefficient (Wildman–Crippen LogP) is 4.90. The maximum absolute atomic E-state index is 13.5. The first-order valence-corrected chi connectivity index (χ1v) is 12.3. The van der Waals surface area contributed by atoms with E-state index in [2.05, 4.69) is 15.3 Å². The first-order valence-electron chi connectivity index (χ1n) is 10.6. The molecule has 0 saturated carbocycles. The standard InChI is InChI=1S/C23H21F3N4OS2/c1-11(18-9-32-12(2)29-18)30-10-28-22-20(23(30)31)15-4-3-14(7-19(15)33-22)27-8-13-5-16(24)21(26)17(25)6-13/h5-6,9-11,14,27H,3-4,7-8H2,1-2H3/t11-,14-/m0/s1. The van der Waals surface area contributed by atoms with E-state index in [1.807, 2.05) is 19.2 Å². The van der Waals surface area contributed by atoms with Gasteiger partial charge in [0.1, 0.15) is 4.83 Å². The number of rotatable bonds is 5. The Morgan fingerprint density at radius 2 is 2.03 bits per heavy atom. The van der Waals surface area contributed by atoms with Crippen LogP contribution in [0.15, 0.2) is 28.6 Å². The summed E-state index contributed by atoms with van der Waals surface area (Å²) in [4.78, 5) is 24.3. The lowest BCUT2D eigenvalue weighted by Crippen LogP contribution is -2.34. The average molecular weight is 491 g/mol. The van der Waals surface area contributed by atoms with Crippen molar-refractivity contribution in [2.24, 2.45) is 0 Å². The number of nitrogens with one attached hydrogen (secondary N) is 1. The third-order valence-electron chi connectivity index (χ3n) is 6.11. The Balaban J connectivity index is 1.37. The van der Waals surface area contributed by atoms with Crippen molar-refractivity contribution >= 4 is 32.9 Å². The van der Waals surface area contributed by atoms with Gasteiger partial charge in [-0.1, -0.05) is 0 Å². The van der Waals surface area contributed by atoms with Crippen molar-refractivity contribution in [3.8, 4) is 0 Å². The molecule has 1 aliphatic carbocycles. The highest BCUT2D eigenvalue weighted by Crippen LogP contribution is 2.34. The number of halogens is 3. The molecular formula is C23H21F3N4OS2. The Morgan fingerprint density at radius 3 is 2.73 bits per heavy atom. The SMILES string of the molecule is Cc1nc([C@H](C)n2cnc3sc4c(c3c2=O)CC[C@H](NCc2cc(F)c(F)c(F)c2)C4)cs1. The summed E-state index contributed by atoms with van der Waals surface area (Å²) in [7, 11) is 0. The van der Waals surface area contributed by atoms with Gasteiger partial charge in [0.2, 0.25) is 0 Å². The van der Waals surface area contributed by atoms with E-state index in [-0.39, 0.29) is 24.2 Å². The molecule has 1 aromatic carbocycles. The number of hydrogen-bond donors (Lipinski definition) is 1. The van der Waals surface area contributed by atoms with Crippen molar-refractivity contribution in [3.05, 3.63) is 78.4 Å². The van der Waals surface area contributed by atoms with Gasteiger partial charge in [-0.15, -0.1) is 22.7 Å². The molecular weight excluding hydrogens is 469 g/mol. The van der Waals surface area contributed by atoms with Gasteiger partial charge < -0.3 is 5.32 Å². The molecule has 10 heteroatoms. The normalized spacial score (nSPS) is 16.8. The summed E-state index contributed by atoms with van der Waals surface area (Å²) in [5.74, 6) is -3.83. The molecule has 1 N–H and O–H groups in total. The number of hydrogen-bond acceptors (Lipinski definition) is 6. The van der Waals surface area contributed by atoms with Gasteiger partial charge >= 0.3 is 0 Å². The van der Waals surface area contributed by atoms with Crippen LogP contribution < -0.4 is 10.9 Å². The fraction of sp³-hybridized carbons (Fsp3) is 0.348. The van der Waals surface area contributed by atoms with Crippen LogP contribution in [-0.4, -0.2) is 20.6 Å². The van der Waals surface area contributed by atoms with E-state index in [1.54, 1.807) is 22.2 Å². The fourth-order valence-electron chi connectivity index (χ4n) is 4.32. The lowest BCUT2D eigenvalue weighted by molar-refractivity contribution is 0.437. The molecule has 3 aromatic heterocycles. The van der Waals surface area contributed by atoms with Crippen LogP contribution in [0.5, 0.6) is 0 Å². The summed E-state index contributed by atoms with van der Waals surface area (Å²) < 4.78 is 41.8. The zero-order chi connectivity index (χ0) is 23.3. The smallest absolute Gasteiger partial charge is 0.262 e. The van der Waals surface area contributed by atoms with Gasteiger partial charge in [0.05, 0.1) is 28.5 Å². The Bertz CT molecular complexity index is 1390. The quantitative estimate of drug-likeness (QED) is 0.405. The number of fused-ring (bicyclic) bond motifs is 3. The molecule has 0 spiro atoms. The number of aromatic nitrogens is 3. The highest BCUT2D eigenvalue weighted by atomic mass is 32.1. The summed E-state index contributed by atoms with van der Waals surface area (Å²) in [5.41, 5.74) is 2.19. The van der Waals surface area contributed by atoms with Crippen LogP contribution in [0, 0.1) is 24.4 Å². The molecule has 4 aromatic rings. The van der Waals surface area contributed by atoms with Gasteiger partial charge in [-0.2, -0.15) is 0 Å². The van der Waals surface area contributed by atoms with E-state index in [0.717, 1.165) is 44.5 Å². The topological polar surface area (TPSA) is 59.8 Å². The predicted molar refractivity (Wildman–Crippen MR) is 124 cm³/mol. The molecule has 2 atom stereocenters. The molecule has 0 amide bonds. The third kappa shape index (κ3) is 4.11. The largest absolute Gasteiger partial charge is 0.310 e. The second-order valence-electron chi connectivity index (χ2n) is 8.30. The maximum Gasteiger partial charge on any atom is 0.262 e. The number of thiophene rings is 1. The molecule has 3 heterocycles. The Kier molecular flexibility index (Phi) is 5.84. The first-order chi connectivity index (χ1) is 15.8. The van der Waals surface area contributed by atoms with Gasteiger partial charge in [0.15, 0.2) is 17.5 Å². The van der Waals surface area contributed by atoms with E-state index in [9.17, 15) is 18.0 Å². The van der Waals surface area contributed by atoms with Crippen molar-refractivity contribution < 1.29 is 13.2 Å². The van der Waals surface area contributed by atoms with Crippen LogP contribution in [0.2, 0.25) is 0 Å². The molecule has 0 saturated heterocycles. The molecule has 33 heavy (non-hydrogen) atoms. The van der Waals surface area contributed by atoms with Crippen molar-refractivity contribution in [2.45, 2.75) is 51.7 Å². The highest BCUT2D eigenvalue weighted by molar-refractivity contribution is 7.18. The number of aryl methyl sites for hydroxylation is 2. The van der Waals surface area contributed by atoms with Gasteiger partial charge in [-0.3, -0.25) is 9.36 Å². The highest BCUT2D eigenvalue weighted by Gasteiger charge is 2.26. The van der Waals surface area contributed by atoms with E-state index in [4.69, 9.17) is 0 Å². The monoisotopic (exact) mass is 490 g/mol. The van der Waals surface area contributed by atoms with Crippen molar-refractivity contribution in [2.75, 3.05) is 0 Å². The molecule has 0 radical (unpaired) electrons. The van der Waals surface area contributed by atoms with E-state index in [1.165, 1.54) is 11.3 Å². The van der Waals surface area contributed by atoms with Crippen molar-refractivity contribution in [1.82, 2.24) is 19.9 Å². The fourth-order valence-corrected chi connectivity index (χ4v) is 6.27. The first kappa shape index (κ1) is 22.2. The lowest BCUT2D eigenvalue weighted by Gasteiger charge is -2.23. The van der Waals surface area contributed by atoms with Crippen LogP contribution in [0.1, 0.15) is 46.1 Å². The minimum absolute atomic E-state index is 0.0562. The van der Waals surface area contributed by atoms with Gasteiger partial charge in [0, 0.05) is 22.8 Å². The molecule has 1 aliphatic rings. The lowest BCUT2D eigenvalue weighted by atomic mass is 9.93. The molecule has 5 rings (SSSR count). The van der Waals surface area contributed by atoms with Gasteiger partial charge in [-0.05, 0) is 56.4 Å². The summed E-state index contributed by atoms with van der Waals surface area (Å²) in [6.07, 6.45) is 3.78. The second kappa shape index (κ2) is 8.66. The van der Waals surface area contributed by atoms with Crippen molar-refractivity contribution in [3.63, 3.8) is 0 Å². The zero-order valence-electron chi connectivity index (χ0n) is 18.0. The summed E-state index contributed by atoms with van der Waals surface area (Å²) in [5, 5.41) is 6.91. The molecule has 0 aliphatic heterocycles. The van der Waals surface area contributed by atoms with Crippen LogP contribution in [-0.2, 0) is 19.4 Å². The van der Waals surface area contributed by atoms with Gasteiger partial charge in [0.25, 0.3) is 5.56 Å². The molecule has 0 fully saturated rings. The van der Waals surface area contributed by atoms with Gasteiger partial charge in [-0.25, -0.2) is 23.1 Å². The second-order valence-corrected chi connectivity index (χ2v) is 10.4. The molecule has 0 bridgehead atoms. The van der Waals surface area contributed by atoms with Crippen LogP contribution in [0.3, 0.4) is 0 Å². The zero-order valence-corrected chi connectivity index (χ0v) is 19.6. The van der Waals surface area contributed by atoms with Crippen molar-refractivity contribution in [1.29, 1.82) is 0 Å². The Morgan fingerprint density at radius 1 is 1.27 bits per heavy atom. The van der Waals surface area contributed by atoms with E-state index in [0.29, 0.717) is 23.8 Å². The van der Waals surface area contributed by atoms with E-state index < -0.39 is 17.5 Å². The summed E-state index contributed by atoms with van der Waals surface area (Å²) in [6, 6.07) is 1.90. The number of nitrogens with zero attached hydrogens (tertiary/aromatic N) is 3. The molecule has 172 valence electrons. The maximum atomic E-state index is 13.5. The number of thiazole rings is 1. The molecule has 5 nitrogen and oxygen atoms in total. The third-order valence-corrected chi connectivity index (χ3v) is 8.07. The Labute approximate surface area is 195 Å².